The number of ether oxygens (including phenoxy) is 1. The minimum Gasteiger partial charge on any atom is -0.444 e. The van der Waals surface area contributed by atoms with Crippen molar-refractivity contribution in [3.8, 4) is 0 Å². The minimum absolute atomic E-state index is 0.311. The van der Waals surface area contributed by atoms with Crippen molar-refractivity contribution in [3.05, 3.63) is 12.2 Å². The zero-order valence-electron chi connectivity index (χ0n) is 8.86. The van der Waals surface area contributed by atoms with Crippen LogP contribution in [0, 0.1) is 0 Å². The van der Waals surface area contributed by atoms with Gasteiger partial charge in [0.2, 0.25) is 0 Å². The Labute approximate surface area is 84.2 Å². The summed E-state index contributed by atoms with van der Waals surface area (Å²) in [6, 6.07) is 0. The third-order valence-electron chi connectivity index (χ3n) is 1.74. The molecule has 0 aliphatic carbocycles. The second-order valence-electron chi connectivity index (χ2n) is 4.38. The van der Waals surface area contributed by atoms with Crippen LogP contribution in [0.15, 0.2) is 12.2 Å². The van der Waals surface area contributed by atoms with Crippen molar-refractivity contribution < 1.29 is 14.6 Å². The lowest BCUT2D eigenvalue weighted by molar-refractivity contribution is 0.0189. The molecule has 1 amide bonds. The Bertz CT molecular complexity index is 242. The summed E-state index contributed by atoms with van der Waals surface area (Å²) < 4.78 is 5.17. The zero-order chi connectivity index (χ0) is 10.8. The van der Waals surface area contributed by atoms with E-state index in [1.54, 1.807) is 12.2 Å². The molecule has 1 atom stereocenters. The van der Waals surface area contributed by atoms with Gasteiger partial charge in [-0.25, -0.2) is 4.79 Å². The van der Waals surface area contributed by atoms with Crippen LogP contribution in [0.25, 0.3) is 0 Å². The van der Waals surface area contributed by atoms with Gasteiger partial charge in [-0.15, -0.1) is 0 Å². The van der Waals surface area contributed by atoms with Crippen LogP contribution in [0.5, 0.6) is 0 Å². The van der Waals surface area contributed by atoms with Crippen LogP contribution in [0.3, 0.4) is 0 Å². The second-order valence-corrected chi connectivity index (χ2v) is 4.38. The number of β-amino-alcohol motifs (C(OH)–C–C–N with tert-alkyl or cyclic N) is 1. The number of nitrogens with zero attached hydrogens (tertiary/aromatic N) is 1. The highest BCUT2D eigenvalue weighted by Crippen LogP contribution is 2.11. The molecule has 80 valence electrons. The van der Waals surface area contributed by atoms with Crippen LogP contribution < -0.4 is 0 Å². The molecule has 4 nitrogen and oxygen atoms in total. The molecule has 0 spiro atoms. The largest absolute Gasteiger partial charge is 0.444 e. The number of carbonyl (C=O) groups is 1. The molecule has 4 heteroatoms. The summed E-state index contributed by atoms with van der Waals surface area (Å²) >= 11 is 0. The number of amides is 1. The highest BCUT2D eigenvalue weighted by molar-refractivity contribution is 5.68. The first-order chi connectivity index (χ1) is 6.38. The van der Waals surface area contributed by atoms with Crippen LogP contribution in [-0.4, -0.2) is 40.9 Å². The van der Waals surface area contributed by atoms with Crippen LogP contribution >= 0.6 is 0 Å². The van der Waals surface area contributed by atoms with Crippen molar-refractivity contribution in [3.63, 3.8) is 0 Å². The molecule has 0 aromatic heterocycles. The van der Waals surface area contributed by atoms with E-state index in [-0.39, 0.29) is 6.09 Å². The SMILES string of the molecule is CC(C)(C)OC(=O)N1CC=C[C@H](O)C1. The zero-order valence-corrected chi connectivity index (χ0v) is 8.86. The fourth-order valence-corrected chi connectivity index (χ4v) is 1.18. The van der Waals surface area contributed by atoms with Crippen molar-refractivity contribution in [2.75, 3.05) is 13.1 Å². The number of hydrogen-bond acceptors (Lipinski definition) is 3. The standard InChI is InChI=1S/C10H17NO3/c1-10(2,3)14-9(13)11-6-4-5-8(12)7-11/h4-5,8,12H,6-7H2,1-3H3/t8-/m0/s1. The van der Waals surface area contributed by atoms with Crippen molar-refractivity contribution in [2.24, 2.45) is 0 Å². The van der Waals surface area contributed by atoms with Crippen molar-refractivity contribution in [1.82, 2.24) is 4.90 Å². The van der Waals surface area contributed by atoms with E-state index in [2.05, 4.69) is 0 Å². The molecular formula is C10H17NO3. The summed E-state index contributed by atoms with van der Waals surface area (Å²) in [6.07, 6.45) is 2.50. The van der Waals surface area contributed by atoms with Crippen molar-refractivity contribution in [1.29, 1.82) is 0 Å². The third-order valence-corrected chi connectivity index (χ3v) is 1.74. The van der Waals surface area contributed by atoms with Gasteiger partial charge in [-0.3, -0.25) is 0 Å². The van der Waals surface area contributed by atoms with Crippen molar-refractivity contribution in [2.45, 2.75) is 32.5 Å². The number of carbonyl (C=O) groups excluding carboxylic acids is 1. The van der Waals surface area contributed by atoms with Gasteiger partial charge in [-0.05, 0) is 20.8 Å². The predicted octanol–water partition coefficient (Wildman–Crippen LogP) is 1.15. The molecule has 0 unspecified atom stereocenters. The van der Waals surface area contributed by atoms with Gasteiger partial charge in [0, 0.05) is 6.54 Å². The summed E-state index contributed by atoms with van der Waals surface area (Å²) in [5.74, 6) is 0. The molecule has 1 rings (SSSR count). The van der Waals surface area contributed by atoms with Gasteiger partial charge >= 0.3 is 6.09 Å². The Hall–Kier alpha value is -1.03. The first-order valence-corrected chi connectivity index (χ1v) is 4.71. The quantitative estimate of drug-likeness (QED) is 0.595. The van der Waals surface area contributed by atoms with E-state index in [1.807, 2.05) is 20.8 Å². The average Bonchev–Trinajstić information content (AvgIpc) is 2.01. The molecule has 1 aliphatic rings. The molecular weight excluding hydrogens is 182 g/mol. The number of aliphatic hydroxyl groups excluding tert-OH is 1. The average molecular weight is 199 g/mol. The van der Waals surface area contributed by atoms with E-state index in [4.69, 9.17) is 4.74 Å². The van der Waals surface area contributed by atoms with Crippen LogP contribution in [0.2, 0.25) is 0 Å². The summed E-state index contributed by atoms with van der Waals surface area (Å²) in [5.41, 5.74) is -0.483. The summed E-state index contributed by atoms with van der Waals surface area (Å²) in [7, 11) is 0. The molecule has 0 radical (unpaired) electrons. The van der Waals surface area contributed by atoms with Crippen LogP contribution in [0.4, 0.5) is 4.79 Å². The summed E-state index contributed by atoms with van der Waals surface area (Å²) in [6.45, 7) is 6.28. The van der Waals surface area contributed by atoms with Gasteiger partial charge < -0.3 is 14.7 Å². The van der Waals surface area contributed by atoms with Gasteiger partial charge in [0.05, 0.1) is 12.6 Å². The Morgan fingerprint density at radius 3 is 2.71 bits per heavy atom. The molecule has 1 N–H and O–H groups in total. The normalized spacial score (nSPS) is 22.3. The second kappa shape index (κ2) is 4.00. The molecule has 0 saturated carbocycles. The van der Waals surface area contributed by atoms with E-state index in [0.717, 1.165) is 0 Å². The number of rotatable bonds is 0. The molecule has 0 aromatic rings. The molecule has 14 heavy (non-hydrogen) atoms. The highest BCUT2D eigenvalue weighted by atomic mass is 16.6. The fourth-order valence-electron chi connectivity index (χ4n) is 1.18. The lowest BCUT2D eigenvalue weighted by Gasteiger charge is -2.29. The molecule has 0 saturated heterocycles. The topological polar surface area (TPSA) is 49.8 Å². The maximum atomic E-state index is 11.5. The van der Waals surface area contributed by atoms with E-state index < -0.39 is 11.7 Å². The van der Waals surface area contributed by atoms with Gasteiger partial charge in [0.1, 0.15) is 5.60 Å². The Kier molecular flexibility index (Phi) is 3.16. The van der Waals surface area contributed by atoms with E-state index in [0.29, 0.717) is 13.1 Å². The Morgan fingerprint density at radius 1 is 1.57 bits per heavy atom. The first-order valence-electron chi connectivity index (χ1n) is 4.71. The predicted molar refractivity (Wildman–Crippen MR) is 53.0 cm³/mol. The summed E-state index contributed by atoms with van der Waals surface area (Å²) in [4.78, 5) is 13.0. The van der Waals surface area contributed by atoms with E-state index in [1.165, 1.54) is 4.90 Å². The van der Waals surface area contributed by atoms with Gasteiger partial charge in [-0.2, -0.15) is 0 Å². The Morgan fingerprint density at radius 2 is 2.21 bits per heavy atom. The lowest BCUT2D eigenvalue weighted by Crippen LogP contribution is -2.42. The van der Waals surface area contributed by atoms with E-state index >= 15 is 0 Å². The molecule has 0 fully saturated rings. The maximum Gasteiger partial charge on any atom is 0.410 e. The van der Waals surface area contributed by atoms with Crippen LogP contribution in [0.1, 0.15) is 20.8 Å². The van der Waals surface area contributed by atoms with Crippen molar-refractivity contribution >= 4 is 6.09 Å². The highest BCUT2D eigenvalue weighted by Gasteiger charge is 2.24. The van der Waals surface area contributed by atoms with Gasteiger partial charge in [-0.1, -0.05) is 12.2 Å². The fraction of sp³-hybridized carbons (Fsp3) is 0.700. The molecule has 0 bridgehead atoms. The maximum absolute atomic E-state index is 11.5. The monoisotopic (exact) mass is 199 g/mol. The minimum atomic E-state index is -0.573. The molecule has 0 aromatic carbocycles. The number of aliphatic hydroxyl groups is 1. The summed E-state index contributed by atoms with van der Waals surface area (Å²) in [5, 5.41) is 9.29. The molecule has 1 aliphatic heterocycles. The number of hydrogen-bond donors (Lipinski definition) is 1. The third kappa shape index (κ3) is 3.38. The lowest BCUT2D eigenvalue weighted by atomic mass is 10.2. The van der Waals surface area contributed by atoms with E-state index in [9.17, 15) is 9.90 Å². The first kappa shape index (κ1) is 11.0. The molecule has 1 heterocycles. The smallest absolute Gasteiger partial charge is 0.410 e. The van der Waals surface area contributed by atoms with Crippen LogP contribution in [-0.2, 0) is 4.74 Å². The Balaban J connectivity index is 2.50. The van der Waals surface area contributed by atoms with Gasteiger partial charge in [0.25, 0.3) is 0 Å². The van der Waals surface area contributed by atoms with Gasteiger partial charge in [0.15, 0.2) is 0 Å².